The SMILES string of the molecule is Cn1nc([C-]=O)c2cccnc2c1=O.[Li+].[OH-]. The molecule has 1 N–H and O–H groups in total. The zero-order chi connectivity index (χ0) is 10.1. The maximum Gasteiger partial charge on any atom is 1.00 e. The van der Waals surface area contributed by atoms with Crippen LogP contribution in [0, 0.1) is 0 Å². The third-order valence-corrected chi connectivity index (χ3v) is 1.91. The molecule has 0 fully saturated rings. The minimum absolute atomic E-state index is 0. The van der Waals surface area contributed by atoms with E-state index in [2.05, 4.69) is 10.1 Å². The maximum atomic E-state index is 11.5. The Morgan fingerprint density at radius 1 is 1.44 bits per heavy atom. The summed E-state index contributed by atoms with van der Waals surface area (Å²) in [6, 6.07) is 3.27. The Morgan fingerprint density at radius 3 is 2.75 bits per heavy atom. The average Bonchev–Trinajstić information content (AvgIpc) is 2.23. The van der Waals surface area contributed by atoms with Gasteiger partial charge >= 0.3 is 18.9 Å². The summed E-state index contributed by atoms with van der Waals surface area (Å²) in [5, 5.41) is 4.20. The summed E-state index contributed by atoms with van der Waals surface area (Å²) in [5.41, 5.74) is 0.0261. The van der Waals surface area contributed by atoms with Gasteiger partial charge in [-0.2, -0.15) is 0 Å². The van der Waals surface area contributed by atoms with E-state index in [9.17, 15) is 9.59 Å². The second kappa shape index (κ2) is 5.56. The average molecular weight is 212 g/mol. The van der Waals surface area contributed by atoms with Crippen LogP contribution in [0.1, 0.15) is 5.69 Å². The predicted octanol–water partition coefficient (Wildman–Crippen LogP) is -3.39. The third-order valence-electron chi connectivity index (χ3n) is 1.91. The van der Waals surface area contributed by atoms with E-state index in [1.54, 1.807) is 18.4 Å². The largest absolute Gasteiger partial charge is 1.00 e. The van der Waals surface area contributed by atoms with Gasteiger partial charge in [-0.05, 0) is 5.69 Å². The van der Waals surface area contributed by atoms with E-state index in [4.69, 9.17) is 0 Å². The first-order valence-corrected chi connectivity index (χ1v) is 3.94. The molecule has 2 rings (SSSR count). The Labute approximate surface area is 103 Å². The number of carbonyl (C=O) groups excluding carboxylic acids is 1. The van der Waals surface area contributed by atoms with Crippen molar-refractivity contribution in [2.45, 2.75) is 0 Å². The summed E-state index contributed by atoms with van der Waals surface area (Å²) in [6.45, 7) is 0. The Balaban J connectivity index is 0.00000112. The van der Waals surface area contributed by atoms with Crippen molar-refractivity contribution in [2.24, 2.45) is 7.05 Å². The molecule has 0 aliphatic carbocycles. The number of pyridine rings is 1. The van der Waals surface area contributed by atoms with E-state index in [1.165, 1.54) is 13.2 Å². The van der Waals surface area contributed by atoms with E-state index >= 15 is 0 Å². The van der Waals surface area contributed by atoms with Gasteiger partial charge < -0.3 is 10.3 Å². The molecule has 0 bridgehead atoms. The number of fused-ring (bicyclic) bond motifs is 1. The first kappa shape index (κ1) is 14.5. The maximum absolute atomic E-state index is 11.5. The molecule has 0 unspecified atom stereocenters. The zero-order valence-corrected chi connectivity index (χ0v) is 8.84. The van der Waals surface area contributed by atoms with E-state index in [0.717, 1.165) is 4.68 Å². The van der Waals surface area contributed by atoms with E-state index in [1.807, 2.05) is 0 Å². The van der Waals surface area contributed by atoms with Crippen molar-refractivity contribution in [2.75, 3.05) is 0 Å². The van der Waals surface area contributed by atoms with Crippen LogP contribution < -0.4 is 24.4 Å². The summed E-state index contributed by atoms with van der Waals surface area (Å²) >= 11 is 0. The van der Waals surface area contributed by atoms with Crippen LogP contribution in [-0.4, -0.2) is 26.5 Å². The van der Waals surface area contributed by atoms with E-state index in [-0.39, 0.29) is 41.1 Å². The monoisotopic (exact) mass is 212 g/mol. The molecule has 0 amide bonds. The number of aryl methyl sites for hydroxylation is 1. The van der Waals surface area contributed by atoms with Crippen LogP contribution >= 0.6 is 0 Å². The summed E-state index contributed by atoms with van der Waals surface area (Å²) < 4.78 is 1.08. The minimum atomic E-state index is -0.320. The molecule has 0 saturated carbocycles. The fraction of sp³-hybridized carbons (Fsp3) is 0.111. The first-order chi connectivity index (χ1) is 6.74. The molecule has 0 radical (unpaired) electrons. The molecule has 0 saturated heterocycles. The van der Waals surface area contributed by atoms with Crippen LogP contribution in [0.15, 0.2) is 23.1 Å². The molecular weight excluding hydrogens is 205 g/mol. The second-order valence-corrected chi connectivity index (χ2v) is 2.78. The second-order valence-electron chi connectivity index (χ2n) is 2.78. The van der Waals surface area contributed by atoms with Crippen LogP contribution in [0.25, 0.3) is 10.9 Å². The molecule has 6 nitrogen and oxygen atoms in total. The molecule has 0 spiro atoms. The normalized spacial score (nSPS) is 9.06. The topological polar surface area (TPSA) is 94.8 Å². The Bertz CT molecular complexity index is 567. The van der Waals surface area contributed by atoms with Gasteiger partial charge in [0.05, 0.1) is 5.52 Å². The van der Waals surface area contributed by atoms with Gasteiger partial charge in [0.25, 0.3) is 5.56 Å². The van der Waals surface area contributed by atoms with Gasteiger partial charge in [0.1, 0.15) is 0 Å². The molecule has 0 aromatic carbocycles. The van der Waals surface area contributed by atoms with Gasteiger partial charge in [-0.25, -0.2) is 9.78 Å². The zero-order valence-electron chi connectivity index (χ0n) is 8.84. The van der Waals surface area contributed by atoms with Crippen molar-refractivity contribution >= 4 is 17.2 Å². The van der Waals surface area contributed by atoms with Crippen molar-refractivity contribution in [3.8, 4) is 0 Å². The summed E-state index contributed by atoms with van der Waals surface area (Å²) in [7, 11) is 1.47. The van der Waals surface area contributed by atoms with Gasteiger partial charge in [-0.1, -0.05) is 6.07 Å². The van der Waals surface area contributed by atoms with Crippen LogP contribution in [0.3, 0.4) is 0 Å². The Morgan fingerprint density at radius 2 is 2.12 bits per heavy atom. The predicted molar refractivity (Wildman–Crippen MR) is 51.5 cm³/mol. The Kier molecular flexibility index (Phi) is 5.04. The minimum Gasteiger partial charge on any atom is -0.870 e. The standard InChI is InChI=1S/C9H6N3O2.Li.H2O/c1-12-9(14)8-6(3-2-4-10-8)7(5-13)11-12;;/h2-4H,1H3;;1H2/q-1;+1;/p-1. The molecule has 2 aromatic heterocycles. The van der Waals surface area contributed by atoms with E-state index < -0.39 is 0 Å². The molecule has 2 aromatic rings. The van der Waals surface area contributed by atoms with E-state index in [0.29, 0.717) is 5.39 Å². The third kappa shape index (κ3) is 2.19. The molecule has 7 heteroatoms. The molecule has 0 aliphatic heterocycles. The van der Waals surface area contributed by atoms with Crippen LogP contribution in [0.2, 0.25) is 0 Å². The van der Waals surface area contributed by atoms with Crippen molar-refractivity contribution in [3.63, 3.8) is 0 Å². The molecule has 16 heavy (non-hydrogen) atoms. The molecule has 78 valence electrons. The smallest absolute Gasteiger partial charge is 0.870 e. The van der Waals surface area contributed by atoms with Crippen molar-refractivity contribution in [1.82, 2.24) is 14.8 Å². The Hall–Kier alpha value is -1.48. The quantitative estimate of drug-likeness (QED) is 0.363. The van der Waals surface area contributed by atoms with Gasteiger partial charge in [0, 0.05) is 19.5 Å². The van der Waals surface area contributed by atoms with Crippen molar-refractivity contribution in [1.29, 1.82) is 0 Å². The van der Waals surface area contributed by atoms with Gasteiger partial charge in [-0.15, -0.1) is 11.5 Å². The number of aromatic nitrogens is 3. The first-order valence-electron chi connectivity index (χ1n) is 3.94. The van der Waals surface area contributed by atoms with Gasteiger partial charge in [0.2, 0.25) is 0 Å². The molecule has 2 heterocycles. The fourth-order valence-electron chi connectivity index (χ4n) is 1.24. The number of nitrogens with zero attached hydrogens (tertiary/aromatic N) is 3. The number of hydrogen-bond donors (Lipinski definition) is 0. The van der Waals surface area contributed by atoms with Crippen LogP contribution in [0.4, 0.5) is 0 Å². The van der Waals surface area contributed by atoms with Crippen LogP contribution in [-0.2, 0) is 11.8 Å². The summed E-state index contributed by atoms with van der Waals surface area (Å²) in [5.74, 6) is 0. The van der Waals surface area contributed by atoms with Crippen molar-refractivity contribution in [3.05, 3.63) is 34.4 Å². The van der Waals surface area contributed by atoms with Gasteiger partial charge in [0.15, 0.2) is 0 Å². The van der Waals surface area contributed by atoms with Crippen LogP contribution in [0.5, 0.6) is 0 Å². The number of hydrogen-bond acceptors (Lipinski definition) is 5. The van der Waals surface area contributed by atoms with Gasteiger partial charge in [-0.3, -0.25) is 9.78 Å². The summed E-state index contributed by atoms with van der Waals surface area (Å²) in [4.78, 5) is 26.0. The molecular formula is C9H7LiN3O3-. The fourth-order valence-corrected chi connectivity index (χ4v) is 1.24. The molecule has 0 aliphatic rings. The number of rotatable bonds is 1. The summed E-state index contributed by atoms with van der Waals surface area (Å²) in [6.07, 6.45) is 3.18. The van der Waals surface area contributed by atoms with Crippen molar-refractivity contribution < 1.29 is 29.1 Å². The molecule has 0 atom stereocenters.